The predicted molar refractivity (Wildman–Crippen MR) is 94.2 cm³/mol. The zero-order valence-corrected chi connectivity index (χ0v) is 14.1. The minimum Gasteiger partial charge on any atom is -0.491 e. The quantitative estimate of drug-likeness (QED) is 0.763. The summed E-state index contributed by atoms with van der Waals surface area (Å²) in [5.74, 6) is 1.26. The van der Waals surface area contributed by atoms with Gasteiger partial charge in [0.25, 0.3) is 0 Å². The summed E-state index contributed by atoms with van der Waals surface area (Å²) < 4.78 is 5.64. The Labute approximate surface area is 140 Å². The summed E-state index contributed by atoms with van der Waals surface area (Å²) in [6.07, 6.45) is -0.547. The highest BCUT2D eigenvalue weighted by Gasteiger charge is 2.07. The Morgan fingerprint density at radius 1 is 1.22 bits per heavy atom. The highest BCUT2D eigenvalue weighted by molar-refractivity contribution is 7.99. The van der Waals surface area contributed by atoms with Gasteiger partial charge in [0.1, 0.15) is 12.4 Å². The lowest BCUT2D eigenvalue weighted by molar-refractivity contribution is -0.114. The van der Waals surface area contributed by atoms with E-state index in [1.54, 1.807) is 11.8 Å². The van der Waals surface area contributed by atoms with Crippen LogP contribution in [0.3, 0.4) is 0 Å². The van der Waals surface area contributed by atoms with E-state index in [1.165, 1.54) is 6.92 Å². The van der Waals surface area contributed by atoms with Crippen molar-refractivity contribution in [3.8, 4) is 5.75 Å². The number of aliphatic hydroxyl groups excluding tert-OH is 1. The van der Waals surface area contributed by atoms with E-state index in [4.69, 9.17) is 4.74 Å². The molecule has 0 aliphatic heterocycles. The Hall–Kier alpha value is -1.98. The molecule has 1 amide bonds. The molecule has 0 fully saturated rings. The first kappa shape index (κ1) is 17.4. The van der Waals surface area contributed by atoms with Crippen molar-refractivity contribution in [1.82, 2.24) is 0 Å². The smallest absolute Gasteiger partial charge is 0.221 e. The Balaban J connectivity index is 1.76. The van der Waals surface area contributed by atoms with E-state index in [1.807, 2.05) is 55.5 Å². The first-order chi connectivity index (χ1) is 11.0. The second-order valence-corrected chi connectivity index (χ2v) is 6.34. The third kappa shape index (κ3) is 5.96. The van der Waals surface area contributed by atoms with Gasteiger partial charge in [0, 0.05) is 23.3 Å². The summed E-state index contributed by atoms with van der Waals surface area (Å²) in [6.45, 7) is 3.72. The maximum Gasteiger partial charge on any atom is 0.221 e. The molecular weight excluding hydrogens is 310 g/mol. The summed E-state index contributed by atoms with van der Waals surface area (Å²) >= 11 is 1.55. The molecule has 1 atom stereocenters. The van der Waals surface area contributed by atoms with E-state index in [0.717, 1.165) is 21.9 Å². The predicted octanol–water partition coefficient (Wildman–Crippen LogP) is 3.49. The number of hydrogen-bond acceptors (Lipinski definition) is 4. The fourth-order valence-corrected chi connectivity index (χ4v) is 2.79. The Morgan fingerprint density at radius 3 is 2.57 bits per heavy atom. The van der Waals surface area contributed by atoms with Crippen molar-refractivity contribution < 1.29 is 14.6 Å². The zero-order valence-electron chi connectivity index (χ0n) is 13.3. The van der Waals surface area contributed by atoms with Crippen LogP contribution < -0.4 is 10.1 Å². The van der Waals surface area contributed by atoms with Crippen LogP contribution in [0.5, 0.6) is 5.75 Å². The van der Waals surface area contributed by atoms with Crippen molar-refractivity contribution >= 4 is 23.4 Å². The van der Waals surface area contributed by atoms with Crippen LogP contribution in [0.25, 0.3) is 0 Å². The minimum atomic E-state index is -0.547. The van der Waals surface area contributed by atoms with E-state index in [0.29, 0.717) is 5.75 Å². The number of benzene rings is 2. The topological polar surface area (TPSA) is 58.6 Å². The van der Waals surface area contributed by atoms with Gasteiger partial charge in [-0.2, -0.15) is 0 Å². The molecule has 0 saturated carbocycles. The van der Waals surface area contributed by atoms with E-state index in [2.05, 4.69) is 5.32 Å². The van der Waals surface area contributed by atoms with Gasteiger partial charge in [-0.1, -0.05) is 18.2 Å². The van der Waals surface area contributed by atoms with Gasteiger partial charge in [-0.25, -0.2) is 0 Å². The summed E-state index contributed by atoms with van der Waals surface area (Å²) in [5.41, 5.74) is 1.83. The molecule has 0 aliphatic carbocycles. The first-order valence-electron chi connectivity index (χ1n) is 7.41. The molecule has 23 heavy (non-hydrogen) atoms. The lowest BCUT2D eigenvalue weighted by atomic mass is 10.2. The number of thioether (sulfide) groups is 1. The number of aliphatic hydroxyl groups is 1. The van der Waals surface area contributed by atoms with Crippen molar-refractivity contribution in [3.63, 3.8) is 0 Å². The van der Waals surface area contributed by atoms with Crippen LogP contribution in [0, 0.1) is 6.92 Å². The van der Waals surface area contributed by atoms with Gasteiger partial charge in [0.15, 0.2) is 0 Å². The van der Waals surface area contributed by atoms with Crippen LogP contribution >= 0.6 is 11.8 Å². The van der Waals surface area contributed by atoms with E-state index >= 15 is 0 Å². The van der Waals surface area contributed by atoms with E-state index < -0.39 is 6.10 Å². The molecule has 5 heteroatoms. The number of carbonyl (C=O) groups excluding carboxylic acids is 1. The Bertz CT molecular complexity index is 643. The number of aryl methyl sites for hydroxylation is 1. The summed E-state index contributed by atoms with van der Waals surface area (Å²) in [6, 6.07) is 15.3. The molecule has 122 valence electrons. The third-order valence-corrected chi connectivity index (χ3v) is 4.30. The first-order valence-corrected chi connectivity index (χ1v) is 8.40. The van der Waals surface area contributed by atoms with E-state index in [9.17, 15) is 9.90 Å². The van der Waals surface area contributed by atoms with E-state index in [-0.39, 0.29) is 12.5 Å². The maximum atomic E-state index is 11.0. The molecule has 0 heterocycles. The number of amides is 1. The third-order valence-electron chi connectivity index (χ3n) is 3.14. The van der Waals surface area contributed by atoms with Crippen molar-refractivity contribution in [2.45, 2.75) is 24.8 Å². The molecule has 4 nitrogen and oxygen atoms in total. The molecule has 2 aromatic carbocycles. The largest absolute Gasteiger partial charge is 0.491 e. The number of rotatable bonds is 7. The van der Waals surface area contributed by atoms with Gasteiger partial charge in [-0.15, -0.1) is 11.8 Å². The molecule has 0 radical (unpaired) electrons. The average molecular weight is 331 g/mol. The molecule has 2 N–H and O–H groups in total. The van der Waals surface area contributed by atoms with Crippen molar-refractivity contribution in [3.05, 3.63) is 54.1 Å². The number of anilines is 1. The Kier molecular flexibility index (Phi) is 6.50. The monoisotopic (exact) mass is 331 g/mol. The molecule has 2 rings (SSSR count). The molecule has 0 unspecified atom stereocenters. The second-order valence-electron chi connectivity index (χ2n) is 5.25. The van der Waals surface area contributed by atoms with Gasteiger partial charge in [-0.05, 0) is 42.8 Å². The number of nitrogens with one attached hydrogen (secondary N) is 1. The van der Waals surface area contributed by atoms with Gasteiger partial charge in [0.05, 0.1) is 6.10 Å². The number of para-hydroxylation sites is 1. The van der Waals surface area contributed by atoms with Crippen LogP contribution in [-0.4, -0.2) is 29.5 Å². The lowest BCUT2D eigenvalue weighted by Gasteiger charge is -2.13. The highest BCUT2D eigenvalue weighted by Crippen LogP contribution is 2.22. The fourth-order valence-electron chi connectivity index (χ4n) is 1.98. The molecular formula is C18H21NO3S. The van der Waals surface area contributed by atoms with Gasteiger partial charge in [0.2, 0.25) is 5.91 Å². The molecule has 0 aromatic heterocycles. The standard InChI is InChI=1S/C18H21NO3S/c1-13-5-3-4-6-18(13)22-11-16(21)12-23-17-9-7-15(8-10-17)19-14(2)20/h3-10,16,21H,11-12H2,1-2H3,(H,19,20)/t16-/m1/s1. The molecule has 2 aromatic rings. The fraction of sp³-hybridized carbons (Fsp3) is 0.278. The molecule has 0 bridgehead atoms. The number of ether oxygens (including phenoxy) is 1. The van der Waals surface area contributed by atoms with Crippen LogP contribution in [-0.2, 0) is 4.79 Å². The van der Waals surface area contributed by atoms with Crippen LogP contribution in [0.1, 0.15) is 12.5 Å². The lowest BCUT2D eigenvalue weighted by Crippen LogP contribution is -2.20. The van der Waals surface area contributed by atoms with Crippen molar-refractivity contribution in [2.24, 2.45) is 0 Å². The van der Waals surface area contributed by atoms with Crippen LogP contribution in [0.2, 0.25) is 0 Å². The normalized spacial score (nSPS) is 11.8. The minimum absolute atomic E-state index is 0.0887. The Morgan fingerprint density at radius 2 is 1.91 bits per heavy atom. The zero-order chi connectivity index (χ0) is 16.7. The number of carbonyl (C=O) groups is 1. The average Bonchev–Trinajstić information content (AvgIpc) is 2.53. The van der Waals surface area contributed by atoms with Gasteiger partial charge < -0.3 is 15.2 Å². The molecule has 0 spiro atoms. The van der Waals surface area contributed by atoms with Crippen LogP contribution in [0.4, 0.5) is 5.69 Å². The SMILES string of the molecule is CC(=O)Nc1ccc(SC[C@H](O)COc2ccccc2C)cc1. The molecule has 0 aliphatic rings. The summed E-state index contributed by atoms with van der Waals surface area (Å²) in [5, 5.41) is 12.8. The van der Waals surface area contributed by atoms with Crippen molar-refractivity contribution in [1.29, 1.82) is 0 Å². The van der Waals surface area contributed by atoms with Crippen LogP contribution in [0.15, 0.2) is 53.4 Å². The summed E-state index contributed by atoms with van der Waals surface area (Å²) in [4.78, 5) is 12.0. The number of hydrogen-bond donors (Lipinski definition) is 2. The second kappa shape index (κ2) is 8.60. The summed E-state index contributed by atoms with van der Waals surface area (Å²) in [7, 11) is 0. The van der Waals surface area contributed by atoms with Gasteiger partial charge >= 0.3 is 0 Å². The van der Waals surface area contributed by atoms with Crippen molar-refractivity contribution in [2.75, 3.05) is 17.7 Å². The maximum absolute atomic E-state index is 11.0. The highest BCUT2D eigenvalue weighted by atomic mass is 32.2. The van der Waals surface area contributed by atoms with Gasteiger partial charge in [-0.3, -0.25) is 4.79 Å². The molecule has 0 saturated heterocycles.